The molecule has 0 aliphatic carbocycles. The summed E-state index contributed by atoms with van der Waals surface area (Å²) < 4.78 is 0. The Balaban J connectivity index is 3.19. The summed E-state index contributed by atoms with van der Waals surface area (Å²) in [5.74, 6) is -0.481. The topological polar surface area (TPSA) is 53.4 Å². The van der Waals surface area contributed by atoms with Gasteiger partial charge in [-0.15, -0.1) is 0 Å². The summed E-state index contributed by atoms with van der Waals surface area (Å²) in [5, 5.41) is 9.16. The van der Waals surface area contributed by atoms with Gasteiger partial charge in [0.2, 0.25) is 0 Å². The SMILES string of the molecule is Cc1cc(N(C)C(C)C(C)C)c(C(=O)O)cn1. The number of pyridine rings is 1. The molecule has 1 heterocycles. The van der Waals surface area contributed by atoms with Gasteiger partial charge >= 0.3 is 5.97 Å². The highest BCUT2D eigenvalue weighted by Crippen LogP contribution is 2.24. The van der Waals surface area contributed by atoms with Gasteiger partial charge in [0.05, 0.1) is 5.69 Å². The number of hydrogen-bond acceptors (Lipinski definition) is 3. The zero-order chi connectivity index (χ0) is 13.2. The van der Waals surface area contributed by atoms with E-state index in [-0.39, 0.29) is 11.6 Å². The van der Waals surface area contributed by atoms with Crippen molar-refractivity contribution in [3.63, 3.8) is 0 Å². The fraction of sp³-hybridized carbons (Fsp3) is 0.538. The van der Waals surface area contributed by atoms with Gasteiger partial charge in [-0.25, -0.2) is 4.79 Å². The average molecular weight is 236 g/mol. The predicted octanol–water partition coefficient (Wildman–Crippen LogP) is 2.57. The number of nitrogens with zero attached hydrogens (tertiary/aromatic N) is 2. The molecule has 0 aliphatic rings. The molecule has 17 heavy (non-hydrogen) atoms. The molecule has 0 fully saturated rings. The van der Waals surface area contributed by atoms with Gasteiger partial charge in [0, 0.05) is 25.0 Å². The van der Waals surface area contributed by atoms with Crippen LogP contribution in [0.25, 0.3) is 0 Å². The normalized spacial score (nSPS) is 12.6. The van der Waals surface area contributed by atoms with Crippen LogP contribution in [-0.2, 0) is 0 Å². The summed E-state index contributed by atoms with van der Waals surface area (Å²) in [6.07, 6.45) is 1.43. The van der Waals surface area contributed by atoms with Crippen LogP contribution in [0, 0.1) is 12.8 Å². The minimum Gasteiger partial charge on any atom is -0.478 e. The van der Waals surface area contributed by atoms with Crippen LogP contribution >= 0.6 is 0 Å². The van der Waals surface area contributed by atoms with Gasteiger partial charge in [-0.1, -0.05) is 13.8 Å². The Labute approximate surface area is 102 Å². The molecular weight excluding hydrogens is 216 g/mol. The summed E-state index contributed by atoms with van der Waals surface area (Å²) >= 11 is 0. The van der Waals surface area contributed by atoms with Crippen LogP contribution in [0.5, 0.6) is 0 Å². The fourth-order valence-corrected chi connectivity index (χ4v) is 1.67. The first-order chi connectivity index (χ1) is 7.84. The van der Waals surface area contributed by atoms with E-state index in [1.807, 2.05) is 24.9 Å². The van der Waals surface area contributed by atoms with Gasteiger partial charge < -0.3 is 10.0 Å². The summed E-state index contributed by atoms with van der Waals surface area (Å²) in [4.78, 5) is 17.2. The highest BCUT2D eigenvalue weighted by molar-refractivity contribution is 5.94. The van der Waals surface area contributed by atoms with Gasteiger partial charge in [-0.3, -0.25) is 4.98 Å². The first kappa shape index (κ1) is 13.5. The van der Waals surface area contributed by atoms with Crippen molar-refractivity contribution < 1.29 is 9.90 Å². The average Bonchev–Trinajstić information content (AvgIpc) is 2.26. The van der Waals surface area contributed by atoms with Crippen molar-refractivity contribution in [2.45, 2.75) is 33.7 Å². The monoisotopic (exact) mass is 236 g/mol. The maximum Gasteiger partial charge on any atom is 0.339 e. The van der Waals surface area contributed by atoms with Gasteiger partial charge in [-0.2, -0.15) is 0 Å². The van der Waals surface area contributed by atoms with E-state index in [1.165, 1.54) is 6.20 Å². The lowest BCUT2D eigenvalue weighted by atomic mass is 10.0. The molecule has 1 aromatic rings. The number of anilines is 1. The molecule has 0 aromatic carbocycles. The molecule has 1 atom stereocenters. The Morgan fingerprint density at radius 3 is 2.47 bits per heavy atom. The van der Waals surface area contributed by atoms with Crippen molar-refractivity contribution in [3.8, 4) is 0 Å². The zero-order valence-corrected chi connectivity index (χ0v) is 11.1. The molecule has 1 unspecified atom stereocenters. The van der Waals surface area contributed by atoms with E-state index < -0.39 is 5.97 Å². The second-order valence-electron chi connectivity index (χ2n) is 4.74. The molecular formula is C13H20N2O2. The minimum absolute atomic E-state index is 0.255. The number of carboxylic acids is 1. The van der Waals surface area contributed by atoms with Crippen molar-refractivity contribution in [1.29, 1.82) is 0 Å². The molecule has 94 valence electrons. The van der Waals surface area contributed by atoms with E-state index in [4.69, 9.17) is 5.11 Å². The molecule has 4 nitrogen and oxygen atoms in total. The molecule has 0 aliphatic heterocycles. The van der Waals surface area contributed by atoms with Crippen LogP contribution in [0.1, 0.15) is 36.8 Å². The third kappa shape index (κ3) is 2.96. The molecule has 0 saturated carbocycles. The number of rotatable bonds is 4. The van der Waals surface area contributed by atoms with Crippen LogP contribution in [0.3, 0.4) is 0 Å². The van der Waals surface area contributed by atoms with E-state index in [2.05, 4.69) is 25.8 Å². The Morgan fingerprint density at radius 2 is 2.00 bits per heavy atom. The summed E-state index contributed by atoms with van der Waals surface area (Å²) in [6.45, 7) is 8.19. The highest BCUT2D eigenvalue weighted by Gasteiger charge is 2.19. The third-order valence-electron chi connectivity index (χ3n) is 3.20. The zero-order valence-electron chi connectivity index (χ0n) is 11.1. The Kier molecular flexibility index (Phi) is 4.10. The summed E-state index contributed by atoms with van der Waals surface area (Å²) in [6, 6.07) is 2.09. The van der Waals surface area contributed by atoms with E-state index in [1.54, 1.807) is 0 Å². The number of carboxylic acid groups (broad SMARTS) is 1. The lowest BCUT2D eigenvalue weighted by Gasteiger charge is -2.31. The first-order valence-corrected chi connectivity index (χ1v) is 5.77. The summed E-state index contributed by atoms with van der Waals surface area (Å²) in [5.41, 5.74) is 1.81. The van der Waals surface area contributed by atoms with Crippen LogP contribution in [-0.4, -0.2) is 29.1 Å². The van der Waals surface area contributed by atoms with Crippen molar-refractivity contribution in [2.75, 3.05) is 11.9 Å². The Morgan fingerprint density at radius 1 is 1.41 bits per heavy atom. The quantitative estimate of drug-likeness (QED) is 0.873. The molecule has 0 amide bonds. The molecule has 1 N–H and O–H groups in total. The van der Waals surface area contributed by atoms with Crippen LogP contribution in [0.2, 0.25) is 0 Å². The van der Waals surface area contributed by atoms with Gasteiger partial charge in [0.25, 0.3) is 0 Å². The fourth-order valence-electron chi connectivity index (χ4n) is 1.67. The maximum absolute atomic E-state index is 11.2. The van der Waals surface area contributed by atoms with Crippen molar-refractivity contribution in [3.05, 3.63) is 23.5 Å². The van der Waals surface area contributed by atoms with Gasteiger partial charge in [0.1, 0.15) is 5.56 Å². The first-order valence-electron chi connectivity index (χ1n) is 5.77. The highest BCUT2D eigenvalue weighted by atomic mass is 16.4. The molecule has 4 heteroatoms. The number of hydrogen-bond donors (Lipinski definition) is 1. The summed E-state index contributed by atoms with van der Waals surface area (Å²) in [7, 11) is 1.92. The molecule has 0 saturated heterocycles. The van der Waals surface area contributed by atoms with Crippen molar-refractivity contribution in [2.24, 2.45) is 5.92 Å². The second kappa shape index (κ2) is 5.17. The second-order valence-corrected chi connectivity index (χ2v) is 4.74. The standard InChI is InChI=1S/C13H20N2O2/c1-8(2)10(4)15(5)12-6-9(3)14-7-11(12)13(16)17/h6-8,10H,1-5H3,(H,16,17). The minimum atomic E-state index is -0.935. The molecule has 0 bridgehead atoms. The molecule has 1 rings (SSSR count). The predicted molar refractivity (Wildman–Crippen MR) is 68.6 cm³/mol. The number of aromatic carboxylic acids is 1. The van der Waals surface area contributed by atoms with Crippen molar-refractivity contribution in [1.82, 2.24) is 4.98 Å². The lowest BCUT2D eigenvalue weighted by molar-refractivity contribution is 0.0697. The molecule has 0 radical (unpaired) electrons. The maximum atomic E-state index is 11.2. The third-order valence-corrected chi connectivity index (χ3v) is 3.20. The van der Waals surface area contributed by atoms with E-state index >= 15 is 0 Å². The number of aryl methyl sites for hydroxylation is 1. The van der Waals surface area contributed by atoms with E-state index in [9.17, 15) is 4.79 Å². The van der Waals surface area contributed by atoms with Gasteiger partial charge in [0.15, 0.2) is 0 Å². The molecule has 0 spiro atoms. The van der Waals surface area contributed by atoms with Crippen molar-refractivity contribution >= 4 is 11.7 Å². The number of carbonyl (C=O) groups is 1. The smallest absolute Gasteiger partial charge is 0.339 e. The largest absolute Gasteiger partial charge is 0.478 e. The van der Waals surface area contributed by atoms with E-state index in [0.717, 1.165) is 11.4 Å². The van der Waals surface area contributed by atoms with Crippen LogP contribution < -0.4 is 4.90 Å². The van der Waals surface area contributed by atoms with E-state index in [0.29, 0.717) is 5.92 Å². The van der Waals surface area contributed by atoms with Crippen LogP contribution in [0.4, 0.5) is 5.69 Å². The lowest BCUT2D eigenvalue weighted by Crippen LogP contribution is -2.34. The Hall–Kier alpha value is -1.58. The van der Waals surface area contributed by atoms with Gasteiger partial charge in [-0.05, 0) is 25.8 Å². The number of aromatic nitrogens is 1. The van der Waals surface area contributed by atoms with Crippen LogP contribution in [0.15, 0.2) is 12.3 Å². The Bertz CT molecular complexity index is 416. The molecule has 1 aromatic heterocycles.